The molecule has 0 unspecified atom stereocenters. The van der Waals surface area contributed by atoms with E-state index in [4.69, 9.17) is 17.7 Å². The maximum absolute atomic E-state index is 11.1. The zero-order valence-corrected chi connectivity index (χ0v) is 12.4. The largest absolute Gasteiger partial charge is 0.899 e. The first-order valence-corrected chi connectivity index (χ1v) is 6.88. The molecule has 0 heterocycles. The van der Waals surface area contributed by atoms with Gasteiger partial charge in [0.1, 0.15) is 0 Å². The van der Waals surface area contributed by atoms with Crippen LogP contribution in [0.25, 0.3) is 0 Å². The van der Waals surface area contributed by atoms with Crippen LogP contribution >= 0.6 is 0 Å². The molecule has 0 spiro atoms. The molecule has 0 fully saturated rings. The Kier molecular flexibility index (Phi) is 5.49. The Morgan fingerprint density at radius 2 is 1.06 bits per heavy atom. The van der Waals surface area contributed by atoms with Crippen molar-refractivity contribution in [2.24, 2.45) is 0 Å². The van der Waals surface area contributed by atoms with Gasteiger partial charge in [-0.3, -0.25) is 14.4 Å². The third-order valence-electron chi connectivity index (χ3n) is 1.24. The Labute approximate surface area is 107 Å². The van der Waals surface area contributed by atoms with Crippen LogP contribution in [0.3, 0.4) is 0 Å². The van der Waals surface area contributed by atoms with Gasteiger partial charge < -0.3 is 17.7 Å². The summed E-state index contributed by atoms with van der Waals surface area (Å²) >= 11 is 0. The second kappa shape index (κ2) is 5.96. The van der Waals surface area contributed by atoms with Crippen molar-refractivity contribution in [1.29, 1.82) is 0 Å². The van der Waals surface area contributed by atoms with Gasteiger partial charge in [-0.25, -0.2) is 0 Å². The van der Waals surface area contributed by atoms with E-state index in [9.17, 15) is 14.4 Å². The average molecular weight is 278 g/mol. The van der Waals surface area contributed by atoms with E-state index < -0.39 is 32.6 Å². The molecule has 0 aromatic heterocycles. The summed E-state index contributed by atoms with van der Waals surface area (Å²) in [6, 6.07) is 0. The van der Waals surface area contributed by atoms with Crippen LogP contribution in [0.2, 0.25) is 0 Å². The highest BCUT2D eigenvalue weighted by atomic mass is 28.4. The Bertz CT molecular complexity index is 304. The lowest BCUT2D eigenvalue weighted by atomic mass is 10.2. The molecule has 0 aromatic rings. The van der Waals surface area contributed by atoms with Crippen molar-refractivity contribution in [1.82, 2.24) is 0 Å². The van der Waals surface area contributed by atoms with E-state index in [2.05, 4.69) is 0 Å². The first-order chi connectivity index (χ1) is 7.96. The van der Waals surface area contributed by atoms with Gasteiger partial charge >= 0.3 is 9.05 Å². The minimum Gasteiger partial charge on any atom is -0.433 e. The predicted molar refractivity (Wildman–Crippen MR) is 61.9 cm³/mol. The van der Waals surface area contributed by atoms with Crippen molar-refractivity contribution in [3.63, 3.8) is 0 Å². The molecule has 0 saturated heterocycles. The van der Waals surface area contributed by atoms with Crippen LogP contribution in [-0.2, 0) is 32.1 Å². The molecule has 18 heavy (non-hydrogen) atoms. The number of carbonyl (C=O) groups excluding carboxylic acids is 3. The van der Waals surface area contributed by atoms with E-state index in [0.717, 1.165) is 20.8 Å². The van der Waals surface area contributed by atoms with Gasteiger partial charge in [-0.15, -0.1) is 0 Å². The Balaban J connectivity index is 5.29. The van der Waals surface area contributed by atoms with Gasteiger partial charge in [0.05, 0.1) is 5.60 Å². The lowest BCUT2D eigenvalue weighted by Crippen LogP contribution is -2.55. The van der Waals surface area contributed by atoms with Gasteiger partial charge in [0.2, 0.25) is 0 Å². The highest BCUT2D eigenvalue weighted by Gasteiger charge is 2.59. The zero-order chi connectivity index (χ0) is 14.6. The van der Waals surface area contributed by atoms with Crippen LogP contribution in [-0.4, -0.2) is 32.6 Å². The maximum atomic E-state index is 11.1. The molecule has 0 atom stereocenters. The fourth-order valence-corrected chi connectivity index (χ4v) is 3.08. The SMILES string of the molecule is CC(=O)O[Si](OC(C)=O)(OC(C)=O)OC(C)(C)C. The van der Waals surface area contributed by atoms with E-state index in [-0.39, 0.29) is 0 Å². The number of hydrogen-bond acceptors (Lipinski definition) is 7. The molecule has 8 heteroatoms. The van der Waals surface area contributed by atoms with Gasteiger partial charge in [0.25, 0.3) is 17.9 Å². The van der Waals surface area contributed by atoms with E-state index in [1.54, 1.807) is 20.8 Å². The van der Waals surface area contributed by atoms with Gasteiger partial charge in [-0.2, -0.15) is 0 Å². The van der Waals surface area contributed by atoms with Crippen LogP contribution in [0.15, 0.2) is 0 Å². The van der Waals surface area contributed by atoms with Crippen LogP contribution in [0.5, 0.6) is 0 Å². The quantitative estimate of drug-likeness (QED) is 0.707. The molecule has 0 rings (SSSR count). The molecule has 0 saturated carbocycles. The topological polar surface area (TPSA) is 88.1 Å². The number of rotatable bonds is 4. The third-order valence-corrected chi connectivity index (χ3v) is 3.71. The first-order valence-electron chi connectivity index (χ1n) is 5.25. The summed E-state index contributed by atoms with van der Waals surface area (Å²) in [4.78, 5) is 33.2. The summed E-state index contributed by atoms with van der Waals surface area (Å²) in [5.41, 5.74) is -0.827. The van der Waals surface area contributed by atoms with Gasteiger partial charge in [0.15, 0.2) is 0 Å². The van der Waals surface area contributed by atoms with Crippen LogP contribution in [0, 0.1) is 0 Å². The maximum Gasteiger partial charge on any atom is 0.899 e. The second-order valence-electron chi connectivity index (χ2n) is 4.50. The van der Waals surface area contributed by atoms with Crippen LogP contribution < -0.4 is 0 Å². The van der Waals surface area contributed by atoms with Crippen molar-refractivity contribution in [2.45, 2.75) is 47.1 Å². The molecule has 0 amide bonds. The normalized spacial score (nSPS) is 11.7. The molecule has 0 N–H and O–H groups in total. The Morgan fingerprint density at radius 1 is 0.778 bits per heavy atom. The van der Waals surface area contributed by atoms with Crippen LogP contribution in [0.4, 0.5) is 0 Å². The summed E-state index contributed by atoms with van der Waals surface area (Å²) in [7, 11) is -4.17. The van der Waals surface area contributed by atoms with Gasteiger partial charge in [-0.1, -0.05) is 0 Å². The minimum absolute atomic E-state index is 0.770. The summed E-state index contributed by atoms with van der Waals surface area (Å²) < 4.78 is 19.8. The molecule has 0 aliphatic carbocycles. The van der Waals surface area contributed by atoms with Crippen molar-refractivity contribution in [2.75, 3.05) is 0 Å². The lowest BCUT2D eigenvalue weighted by Gasteiger charge is -2.30. The van der Waals surface area contributed by atoms with Crippen molar-refractivity contribution in [3.8, 4) is 0 Å². The monoisotopic (exact) mass is 278 g/mol. The summed E-state index contributed by atoms with van der Waals surface area (Å²) in [5, 5.41) is 0. The van der Waals surface area contributed by atoms with Gasteiger partial charge in [0, 0.05) is 20.8 Å². The highest BCUT2D eigenvalue weighted by molar-refractivity contribution is 6.59. The first kappa shape index (κ1) is 16.6. The molecule has 0 radical (unpaired) electrons. The Morgan fingerprint density at radius 3 is 1.22 bits per heavy atom. The van der Waals surface area contributed by atoms with E-state index >= 15 is 0 Å². The summed E-state index contributed by atoms with van der Waals surface area (Å²) in [5.74, 6) is -2.31. The minimum atomic E-state index is -4.17. The van der Waals surface area contributed by atoms with E-state index in [1.165, 1.54) is 0 Å². The third kappa shape index (κ3) is 7.02. The number of hydrogen-bond donors (Lipinski definition) is 0. The lowest BCUT2D eigenvalue weighted by molar-refractivity contribution is -0.160. The standard InChI is InChI=1S/C10H18O7Si/c1-7(11)14-18(15-8(2)12,16-9(3)13)17-10(4,5)6/h1-6H3. The number of carbonyl (C=O) groups is 3. The summed E-state index contributed by atoms with van der Waals surface area (Å²) in [6.45, 7) is 8.23. The van der Waals surface area contributed by atoms with Crippen molar-refractivity contribution >= 4 is 27.0 Å². The molecule has 0 aromatic carbocycles. The predicted octanol–water partition coefficient (Wildman–Crippen LogP) is 0.926. The second-order valence-corrected chi connectivity index (χ2v) is 6.31. The fraction of sp³-hybridized carbons (Fsp3) is 0.700. The fourth-order valence-electron chi connectivity index (χ4n) is 1.03. The van der Waals surface area contributed by atoms with Crippen molar-refractivity contribution < 1.29 is 32.1 Å². The van der Waals surface area contributed by atoms with Crippen LogP contribution in [0.1, 0.15) is 41.5 Å². The molecule has 0 bridgehead atoms. The van der Waals surface area contributed by atoms with Gasteiger partial charge in [-0.05, 0) is 20.8 Å². The average Bonchev–Trinajstić information content (AvgIpc) is 1.92. The zero-order valence-electron chi connectivity index (χ0n) is 11.4. The molecule has 104 valence electrons. The Hall–Kier alpha value is -1.41. The smallest absolute Gasteiger partial charge is 0.433 e. The molecule has 7 nitrogen and oxygen atoms in total. The molecule has 0 aliphatic rings. The molecule has 0 aliphatic heterocycles. The van der Waals surface area contributed by atoms with E-state index in [1.807, 2.05) is 0 Å². The van der Waals surface area contributed by atoms with E-state index in [0.29, 0.717) is 0 Å². The molecular weight excluding hydrogens is 260 g/mol. The van der Waals surface area contributed by atoms with Crippen molar-refractivity contribution in [3.05, 3.63) is 0 Å². The molecular formula is C10H18O7Si. The highest BCUT2D eigenvalue weighted by Crippen LogP contribution is 2.21. The summed E-state index contributed by atoms with van der Waals surface area (Å²) in [6.07, 6.45) is 0.